The van der Waals surface area contributed by atoms with Gasteiger partial charge < -0.3 is 4.74 Å². The average Bonchev–Trinajstić information content (AvgIpc) is 2.46. The summed E-state index contributed by atoms with van der Waals surface area (Å²) >= 11 is 5.75. The largest absolute Gasteiger partial charge is 0.479 e. The molecule has 1 aromatic heterocycles. The number of nitrogens with zero attached hydrogens (tertiary/aromatic N) is 1. The van der Waals surface area contributed by atoms with Crippen LogP contribution in [-0.2, 0) is 6.18 Å². The Labute approximate surface area is 132 Å². The van der Waals surface area contributed by atoms with Crippen molar-refractivity contribution in [2.24, 2.45) is 0 Å². The number of ether oxygens (including phenoxy) is 1. The number of pyridine rings is 1. The maximum absolute atomic E-state index is 13.9. The molecule has 0 N–H and O–H groups in total. The standard InChI is InChI=1S/C15H7ClF5NO/c1-2-3-23-13-5-9(11(17)6-10(13)16)14-12(18)4-8(7-22-14)15(19,20)21/h1,4-7H,3H2. The number of rotatable bonds is 3. The molecular formula is C15H7ClF5NO. The summed E-state index contributed by atoms with van der Waals surface area (Å²) in [5.74, 6) is -0.170. The van der Waals surface area contributed by atoms with Crippen molar-refractivity contribution in [1.29, 1.82) is 0 Å². The summed E-state index contributed by atoms with van der Waals surface area (Å²) in [7, 11) is 0. The Bertz CT molecular complexity index is 783. The zero-order valence-electron chi connectivity index (χ0n) is 11.2. The first-order chi connectivity index (χ1) is 10.7. The molecule has 0 radical (unpaired) electrons. The fraction of sp³-hybridized carbons (Fsp3) is 0.133. The molecule has 0 unspecified atom stereocenters. The quantitative estimate of drug-likeness (QED) is 0.592. The Balaban J connectivity index is 2.52. The lowest BCUT2D eigenvalue weighted by molar-refractivity contribution is -0.138. The Morgan fingerprint density at radius 1 is 1.17 bits per heavy atom. The van der Waals surface area contributed by atoms with E-state index < -0.39 is 34.6 Å². The van der Waals surface area contributed by atoms with Gasteiger partial charge in [-0.25, -0.2) is 8.78 Å². The van der Waals surface area contributed by atoms with E-state index in [-0.39, 0.29) is 23.4 Å². The molecule has 0 aliphatic heterocycles. The Morgan fingerprint density at radius 2 is 1.87 bits per heavy atom. The topological polar surface area (TPSA) is 22.1 Å². The molecule has 0 saturated carbocycles. The smallest absolute Gasteiger partial charge is 0.417 e. The second-order valence-electron chi connectivity index (χ2n) is 4.31. The highest BCUT2D eigenvalue weighted by Crippen LogP contribution is 2.35. The van der Waals surface area contributed by atoms with Crippen molar-refractivity contribution in [1.82, 2.24) is 4.98 Å². The minimum atomic E-state index is -4.76. The van der Waals surface area contributed by atoms with E-state index in [0.29, 0.717) is 6.20 Å². The van der Waals surface area contributed by atoms with E-state index in [2.05, 4.69) is 10.9 Å². The number of alkyl halides is 3. The molecule has 0 atom stereocenters. The summed E-state index contributed by atoms with van der Waals surface area (Å²) in [5, 5.41) is -0.117. The first-order valence-corrected chi connectivity index (χ1v) is 6.40. The lowest BCUT2D eigenvalue weighted by Gasteiger charge is -2.11. The summed E-state index contributed by atoms with van der Waals surface area (Å²) < 4.78 is 70.4. The molecule has 0 spiro atoms. The van der Waals surface area contributed by atoms with Crippen molar-refractivity contribution in [3.63, 3.8) is 0 Å². The Morgan fingerprint density at radius 3 is 2.43 bits per heavy atom. The number of hydrogen-bond acceptors (Lipinski definition) is 2. The van der Waals surface area contributed by atoms with Crippen LogP contribution < -0.4 is 4.74 Å². The first kappa shape index (κ1) is 17.0. The maximum Gasteiger partial charge on any atom is 0.417 e. The van der Waals surface area contributed by atoms with Crippen molar-refractivity contribution in [2.75, 3.05) is 6.61 Å². The second kappa shape index (κ2) is 6.42. The Kier molecular flexibility index (Phi) is 4.76. The van der Waals surface area contributed by atoms with Gasteiger partial charge in [0.15, 0.2) is 0 Å². The number of halogens is 6. The van der Waals surface area contributed by atoms with Gasteiger partial charge in [-0.3, -0.25) is 4.98 Å². The van der Waals surface area contributed by atoms with Crippen LogP contribution in [0, 0.1) is 24.0 Å². The lowest BCUT2D eigenvalue weighted by Crippen LogP contribution is -2.07. The number of benzene rings is 1. The van der Waals surface area contributed by atoms with Crippen LogP contribution in [0.4, 0.5) is 22.0 Å². The molecule has 120 valence electrons. The normalized spacial score (nSPS) is 11.2. The van der Waals surface area contributed by atoms with Gasteiger partial charge in [0.1, 0.15) is 29.7 Å². The van der Waals surface area contributed by atoms with Gasteiger partial charge in [-0.05, 0) is 18.2 Å². The minimum Gasteiger partial charge on any atom is -0.479 e. The highest BCUT2D eigenvalue weighted by Gasteiger charge is 2.32. The third kappa shape index (κ3) is 3.71. The van der Waals surface area contributed by atoms with E-state index in [0.717, 1.165) is 12.1 Å². The monoisotopic (exact) mass is 347 g/mol. The van der Waals surface area contributed by atoms with Crippen LogP contribution in [0.3, 0.4) is 0 Å². The van der Waals surface area contributed by atoms with Gasteiger partial charge in [-0.1, -0.05) is 17.5 Å². The molecule has 1 aromatic carbocycles. The fourth-order valence-corrected chi connectivity index (χ4v) is 1.94. The third-order valence-electron chi connectivity index (χ3n) is 2.76. The van der Waals surface area contributed by atoms with Crippen LogP contribution >= 0.6 is 11.6 Å². The molecule has 0 bridgehead atoms. The Hall–Kier alpha value is -2.33. The molecule has 0 amide bonds. The summed E-state index contributed by atoms with van der Waals surface area (Å²) in [5.41, 5.74) is -2.28. The van der Waals surface area contributed by atoms with E-state index in [1.54, 1.807) is 0 Å². The van der Waals surface area contributed by atoms with Crippen molar-refractivity contribution in [2.45, 2.75) is 6.18 Å². The van der Waals surface area contributed by atoms with Gasteiger partial charge in [-0.15, -0.1) is 6.42 Å². The molecule has 8 heteroatoms. The van der Waals surface area contributed by atoms with Crippen LogP contribution in [0.5, 0.6) is 5.75 Å². The molecule has 2 rings (SSSR count). The van der Waals surface area contributed by atoms with E-state index in [1.807, 2.05) is 0 Å². The van der Waals surface area contributed by atoms with E-state index in [9.17, 15) is 22.0 Å². The summed E-state index contributed by atoms with van der Waals surface area (Å²) in [4.78, 5) is 3.35. The molecule has 23 heavy (non-hydrogen) atoms. The van der Waals surface area contributed by atoms with Crippen LogP contribution in [-0.4, -0.2) is 11.6 Å². The minimum absolute atomic E-state index is 0.0397. The summed E-state index contributed by atoms with van der Waals surface area (Å²) in [6, 6.07) is 2.09. The fourth-order valence-electron chi connectivity index (χ4n) is 1.73. The molecule has 0 saturated heterocycles. The van der Waals surface area contributed by atoms with Gasteiger partial charge in [0.05, 0.1) is 10.6 Å². The van der Waals surface area contributed by atoms with Gasteiger partial charge in [0, 0.05) is 11.8 Å². The van der Waals surface area contributed by atoms with Crippen LogP contribution in [0.15, 0.2) is 24.4 Å². The van der Waals surface area contributed by atoms with E-state index in [1.165, 1.54) is 0 Å². The lowest BCUT2D eigenvalue weighted by atomic mass is 10.1. The predicted octanol–water partition coefficient (Wildman–Crippen LogP) is 4.71. The van der Waals surface area contributed by atoms with Crippen LogP contribution in [0.25, 0.3) is 11.3 Å². The predicted molar refractivity (Wildman–Crippen MR) is 73.9 cm³/mol. The number of terminal acetylenes is 1. The first-order valence-electron chi connectivity index (χ1n) is 6.02. The highest BCUT2D eigenvalue weighted by atomic mass is 35.5. The maximum atomic E-state index is 13.9. The molecule has 0 aliphatic carbocycles. The molecular weight excluding hydrogens is 341 g/mol. The summed E-state index contributed by atoms with van der Waals surface area (Å²) in [6.45, 7) is -0.173. The summed E-state index contributed by atoms with van der Waals surface area (Å²) in [6.07, 6.45) is 0.669. The molecule has 0 aliphatic rings. The molecule has 2 aromatic rings. The zero-order chi connectivity index (χ0) is 17.2. The van der Waals surface area contributed by atoms with Gasteiger partial charge in [-0.2, -0.15) is 13.2 Å². The van der Waals surface area contributed by atoms with Gasteiger partial charge in [0.25, 0.3) is 0 Å². The molecule has 0 fully saturated rings. The van der Waals surface area contributed by atoms with Crippen LogP contribution in [0.1, 0.15) is 5.56 Å². The second-order valence-corrected chi connectivity index (χ2v) is 4.71. The van der Waals surface area contributed by atoms with E-state index >= 15 is 0 Å². The van der Waals surface area contributed by atoms with Crippen molar-refractivity contribution >= 4 is 11.6 Å². The van der Waals surface area contributed by atoms with Crippen molar-refractivity contribution in [3.05, 3.63) is 46.6 Å². The molecule has 1 heterocycles. The van der Waals surface area contributed by atoms with Crippen LogP contribution in [0.2, 0.25) is 5.02 Å². The number of aromatic nitrogens is 1. The van der Waals surface area contributed by atoms with E-state index in [4.69, 9.17) is 22.8 Å². The zero-order valence-corrected chi connectivity index (χ0v) is 12.0. The van der Waals surface area contributed by atoms with Gasteiger partial charge in [0.2, 0.25) is 0 Å². The third-order valence-corrected chi connectivity index (χ3v) is 3.05. The highest BCUT2D eigenvalue weighted by molar-refractivity contribution is 6.32. The van der Waals surface area contributed by atoms with Crippen molar-refractivity contribution in [3.8, 4) is 29.4 Å². The van der Waals surface area contributed by atoms with Gasteiger partial charge >= 0.3 is 6.18 Å². The van der Waals surface area contributed by atoms with Crippen molar-refractivity contribution < 1.29 is 26.7 Å². The molecule has 2 nitrogen and oxygen atoms in total. The number of hydrogen-bond donors (Lipinski definition) is 0. The average molecular weight is 348 g/mol. The SMILES string of the molecule is C#CCOc1cc(-c2ncc(C(F)(F)F)cc2F)c(F)cc1Cl.